The summed E-state index contributed by atoms with van der Waals surface area (Å²) < 4.78 is 5.20. The van der Waals surface area contributed by atoms with E-state index in [1.54, 1.807) is 18.2 Å². The SMILES string of the molecule is COc1ccc(NC(=O)[C@@H]2CCC[C@@H]2CN)cc1NC(C)=O. The van der Waals surface area contributed by atoms with E-state index in [1.165, 1.54) is 14.0 Å². The Morgan fingerprint density at radius 2 is 2.09 bits per heavy atom. The Balaban J connectivity index is 2.12. The van der Waals surface area contributed by atoms with E-state index < -0.39 is 0 Å². The first-order chi connectivity index (χ1) is 10.5. The molecule has 0 radical (unpaired) electrons. The summed E-state index contributed by atoms with van der Waals surface area (Å²) in [4.78, 5) is 23.6. The van der Waals surface area contributed by atoms with Gasteiger partial charge in [-0.05, 0) is 43.5 Å². The third-order valence-electron chi connectivity index (χ3n) is 4.08. The average molecular weight is 305 g/mol. The molecule has 0 spiro atoms. The quantitative estimate of drug-likeness (QED) is 0.775. The lowest BCUT2D eigenvalue weighted by Gasteiger charge is -2.18. The Bertz CT molecular complexity index is 560. The van der Waals surface area contributed by atoms with E-state index in [4.69, 9.17) is 10.5 Å². The van der Waals surface area contributed by atoms with Crippen LogP contribution in [0.25, 0.3) is 0 Å². The number of carbonyl (C=O) groups is 2. The van der Waals surface area contributed by atoms with Gasteiger partial charge in [-0.1, -0.05) is 6.42 Å². The topological polar surface area (TPSA) is 93.4 Å². The molecule has 0 heterocycles. The molecule has 6 nitrogen and oxygen atoms in total. The predicted molar refractivity (Wildman–Crippen MR) is 85.8 cm³/mol. The maximum atomic E-state index is 12.4. The van der Waals surface area contributed by atoms with Gasteiger partial charge >= 0.3 is 0 Å². The van der Waals surface area contributed by atoms with E-state index in [-0.39, 0.29) is 23.7 Å². The van der Waals surface area contributed by atoms with Gasteiger partial charge in [-0.25, -0.2) is 0 Å². The van der Waals surface area contributed by atoms with Crippen molar-refractivity contribution in [3.63, 3.8) is 0 Å². The van der Waals surface area contributed by atoms with Gasteiger partial charge in [0.15, 0.2) is 0 Å². The fraction of sp³-hybridized carbons (Fsp3) is 0.500. The van der Waals surface area contributed by atoms with Gasteiger partial charge in [0.05, 0.1) is 12.8 Å². The van der Waals surface area contributed by atoms with Gasteiger partial charge in [-0.3, -0.25) is 9.59 Å². The van der Waals surface area contributed by atoms with Crippen molar-refractivity contribution in [2.24, 2.45) is 17.6 Å². The summed E-state index contributed by atoms with van der Waals surface area (Å²) in [6.45, 7) is 1.97. The molecule has 2 amide bonds. The number of hydrogen-bond donors (Lipinski definition) is 3. The highest BCUT2D eigenvalue weighted by Gasteiger charge is 2.31. The zero-order chi connectivity index (χ0) is 16.1. The van der Waals surface area contributed by atoms with Crippen molar-refractivity contribution in [2.45, 2.75) is 26.2 Å². The van der Waals surface area contributed by atoms with E-state index in [0.29, 0.717) is 23.7 Å². The second kappa shape index (κ2) is 7.26. The van der Waals surface area contributed by atoms with Crippen LogP contribution in [0.15, 0.2) is 18.2 Å². The summed E-state index contributed by atoms with van der Waals surface area (Å²) in [6, 6.07) is 5.18. The summed E-state index contributed by atoms with van der Waals surface area (Å²) >= 11 is 0. The Hall–Kier alpha value is -2.08. The minimum atomic E-state index is -0.194. The monoisotopic (exact) mass is 305 g/mol. The van der Waals surface area contributed by atoms with Crippen molar-refractivity contribution in [3.8, 4) is 5.75 Å². The molecule has 1 aromatic rings. The zero-order valence-corrected chi connectivity index (χ0v) is 13.0. The fourth-order valence-electron chi connectivity index (χ4n) is 2.97. The Labute approximate surface area is 130 Å². The number of benzene rings is 1. The van der Waals surface area contributed by atoms with Crippen LogP contribution < -0.4 is 21.1 Å². The molecule has 0 bridgehead atoms. The lowest BCUT2D eigenvalue weighted by Crippen LogP contribution is -2.29. The maximum Gasteiger partial charge on any atom is 0.227 e. The number of carbonyl (C=O) groups excluding carboxylic acids is 2. The molecule has 1 aliphatic carbocycles. The third kappa shape index (κ3) is 3.76. The van der Waals surface area contributed by atoms with Crippen LogP contribution in [0, 0.1) is 11.8 Å². The van der Waals surface area contributed by atoms with Gasteiger partial charge in [0.2, 0.25) is 11.8 Å². The van der Waals surface area contributed by atoms with Gasteiger partial charge in [-0.15, -0.1) is 0 Å². The molecule has 1 aromatic carbocycles. The van der Waals surface area contributed by atoms with Crippen molar-refractivity contribution < 1.29 is 14.3 Å². The number of ether oxygens (including phenoxy) is 1. The number of methoxy groups -OCH3 is 1. The van der Waals surface area contributed by atoms with Crippen molar-refractivity contribution in [1.82, 2.24) is 0 Å². The maximum absolute atomic E-state index is 12.4. The molecule has 0 aromatic heterocycles. The Morgan fingerprint density at radius 1 is 1.32 bits per heavy atom. The highest BCUT2D eigenvalue weighted by Crippen LogP contribution is 2.33. The molecule has 4 N–H and O–H groups in total. The Kier molecular flexibility index (Phi) is 5.38. The summed E-state index contributed by atoms with van der Waals surface area (Å²) in [7, 11) is 1.53. The number of nitrogens with one attached hydrogen (secondary N) is 2. The molecule has 120 valence electrons. The van der Waals surface area contributed by atoms with E-state index >= 15 is 0 Å². The summed E-state index contributed by atoms with van der Waals surface area (Å²) in [6.07, 6.45) is 2.93. The summed E-state index contributed by atoms with van der Waals surface area (Å²) in [5, 5.41) is 5.60. The van der Waals surface area contributed by atoms with Crippen molar-refractivity contribution in [1.29, 1.82) is 0 Å². The smallest absolute Gasteiger partial charge is 0.227 e. The third-order valence-corrected chi connectivity index (χ3v) is 4.08. The van der Waals surface area contributed by atoms with Crippen LogP contribution >= 0.6 is 0 Å². The molecular weight excluding hydrogens is 282 g/mol. The lowest BCUT2D eigenvalue weighted by molar-refractivity contribution is -0.120. The number of amides is 2. The molecule has 2 atom stereocenters. The van der Waals surface area contributed by atoms with Crippen LogP contribution in [-0.4, -0.2) is 25.5 Å². The first kappa shape index (κ1) is 16.3. The van der Waals surface area contributed by atoms with Crippen LogP contribution in [0.3, 0.4) is 0 Å². The molecule has 1 saturated carbocycles. The largest absolute Gasteiger partial charge is 0.495 e. The minimum Gasteiger partial charge on any atom is -0.495 e. The number of nitrogens with two attached hydrogens (primary N) is 1. The molecule has 0 unspecified atom stereocenters. The van der Waals surface area contributed by atoms with Crippen LogP contribution in [0.4, 0.5) is 11.4 Å². The highest BCUT2D eigenvalue weighted by atomic mass is 16.5. The van der Waals surface area contributed by atoms with E-state index in [0.717, 1.165) is 19.3 Å². The molecule has 1 aliphatic rings. The molecular formula is C16H23N3O3. The van der Waals surface area contributed by atoms with Crippen molar-refractivity contribution in [2.75, 3.05) is 24.3 Å². The lowest BCUT2D eigenvalue weighted by atomic mass is 9.95. The molecule has 0 aliphatic heterocycles. The fourth-order valence-corrected chi connectivity index (χ4v) is 2.97. The van der Waals surface area contributed by atoms with Gasteiger partial charge in [0.25, 0.3) is 0 Å². The van der Waals surface area contributed by atoms with E-state index in [9.17, 15) is 9.59 Å². The number of rotatable bonds is 5. The van der Waals surface area contributed by atoms with Gasteiger partial charge in [-0.2, -0.15) is 0 Å². The van der Waals surface area contributed by atoms with E-state index in [2.05, 4.69) is 10.6 Å². The number of hydrogen-bond acceptors (Lipinski definition) is 4. The van der Waals surface area contributed by atoms with Gasteiger partial charge < -0.3 is 21.1 Å². The van der Waals surface area contributed by atoms with Gasteiger partial charge in [0.1, 0.15) is 5.75 Å². The van der Waals surface area contributed by atoms with Crippen LogP contribution in [0.2, 0.25) is 0 Å². The second-order valence-electron chi connectivity index (χ2n) is 5.62. The standard InChI is InChI=1S/C16H23N3O3/c1-10(20)18-14-8-12(6-7-15(14)22-2)19-16(21)13-5-3-4-11(13)9-17/h6-8,11,13H,3-5,9,17H2,1-2H3,(H,18,20)(H,19,21)/t11-,13-/m1/s1. The molecule has 1 fully saturated rings. The average Bonchev–Trinajstić information content (AvgIpc) is 2.95. The zero-order valence-electron chi connectivity index (χ0n) is 13.0. The Morgan fingerprint density at radius 3 is 2.73 bits per heavy atom. The minimum absolute atomic E-state index is 0.00751. The highest BCUT2D eigenvalue weighted by molar-refractivity contribution is 5.95. The van der Waals surface area contributed by atoms with Crippen molar-refractivity contribution >= 4 is 23.2 Å². The number of anilines is 2. The van der Waals surface area contributed by atoms with Crippen molar-refractivity contribution in [3.05, 3.63) is 18.2 Å². The predicted octanol–water partition coefficient (Wildman–Crippen LogP) is 1.97. The van der Waals surface area contributed by atoms with Crippen LogP contribution in [0.1, 0.15) is 26.2 Å². The first-order valence-corrected chi connectivity index (χ1v) is 7.51. The molecule has 22 heavy (non-hydrogen) atoms. The van der Waals surface area contributed by atoms with Crippen LogP contribution in [-0.2, 0) is 9.59 Å². The van der Waals surface area contributed by atoms with E-state index in [1.807, 2.05) is 0 Å². The normalized spacial score (nSPS) is 20.5. The molecule has 6 heteroatoms. The van der Waals surface area contributed by atoms with Gasteiger partial charge in [0, 0.05) is 18.5 Å². The molecule has 2 rings (SSSR count). The summed E-state index contributed by atoms with van der Waals surface area (Å²) in [5.74, 6) is 0.575. The molecule has 0 saturated heterocycles. The second-order valence-corrected chi connectivity index (χ2v) is 5.62. The summed E-state index contributed by atoms with van der Waals surface area (Å²) in [5.41, 5.74) is 6.90. The first-order valence-electron chi connectivity index (χ1n) is 7.51. The van der Waals surface area contributed by atoms with Crippen LogP contribution in [0.5, 0.6) is 5.75 Å².